The van der Waals surface area contributed by atoms with Gasteiger partial charge in [0.1, 0.15) is 5.75 Å². The minimum Gasteiger partial charge on any atom is -0.484 e. The van der Waals surface area contributed by atoms with E-state index in [2.05, 4.69) is 20.9 Å². The minimum atomic E-state index is -0.394. The maximum Gasteiger partial charge on any atom is 0.338 e. The standard InChI is InChI=1S/C23H21BrN2O4/c1-2-29-23(28)18-3-7-20(8-4-18)26(15-17-11-13-25-14-12-17)22(27)16-30-21-9-5-19(24)6-10-21/h3-14H,2,15-16H2,1H3. The zero-order valence-corrected chi connectivity index (χ0v) is 18.0. The van der Waals surface area contributed by atoms with Gasteiger partial charge in [-0.3, -0.25) is 9.78 Å². The summed E-state index contributed by atoms with van der Waals surface area (Å²) in [4.78, 5) is 30.5. The minimum absolute atomic E-state index is 0.119. The zero-order chi connectivity index (χ0) is 21.3. The SMILES string of the molecule is CCOC(=O)c1ccc(N(Cc2ccncc2)C(=O)COc2ccc(Br)cc2)cc1. The Morgan fingerprint density at radius 3 is 2.27 bits per heavy atom. The van der Waals surface area contributed by atoms with Crippen molar-refractivity contribution in [3.05, 3.63) is 88.7 Å². The van der Waals surface area contributed by atoms with E-state index in [0.29, 0.717) is 30.2 Å². The largest absolute Gasteiger partial charge is 0.484 e. The van der Waals surface area contributed by atoms with E-state index >= 15 is 0 Å². The molecule has 7 heteroatoms. The van der Waals surface area contributed by atoms with Crippen molar-refractivity contribution in [2.45, 2.75) is 13.5 Å². The molecule has 0 fully saturated rings. The molecule has 2 aromatic carbocycles. The lowest BCUT2D eigenvalue weighted by molar-refractivity contribution is -0.120. The monoisotopic (exact) mass is 468 g/mol. The van der Waals surface area contributed by atoms with Gasteiger partial charge in [0.15, 0.2) is 6.61 Å². The lowest BCUT2D eigenvalue weighted by Crippen LogP contribution is -2.34. The highest BCUT2D eigenvalue weighted by atomic mass is 79.9. The molecule has 0 atom stereocenters. The van der Waals surface area contributed by atoms with Crippen LogP contribution in [0.2, 0.25) is 0 Å². The summed E-state index contributed by atoms with van der Waals surface area (Å²) in [6.45, 7) is 2.30. The van der Waals surface area contributed by atoms with Crippen molar-refractivity contribution < 1.29 is 19.1 Å². The summed E-state index contributed by atoms with van der Waals surface area (Å²) < 4.78 is 11.6. The highest BCUT2D eigenvalue weighted by Crippen LogP contribution is 2.20. The second-order valence-electron chi connectivity index (χ2n) is 6.35. The van der Waals surface area contributed by atoms with Crippen molar-refractivity contribution >= 4 is 33.5 Å². The second kappa shape index (κ2) is 10.5. The van der Waals surface area contributed by atoms with Gasteiger partial charge in [0.05, 0.1) is 18.7 Å². The van der Waals surface area contributed by atoms with Crippen molar-refractivity contribution in [3.63, 3.8) is 0 Å². The van der Waals surface area contributed by atoms with Crippen LogP contribution in [-0.2, 0) is 16.1 Å². The van der Waals surface area contributed by atoms with Gasteiger partial charge in [0.25, 0.3) is 5.91 Å². The fourth-order valence-corrected chi connectivity index (χ4v) is 3.00. The number of carbonyl (C=O) groups is 2. The number of esters is 1. The molecule has 1 amide bonds. The van der Waals surface area contributed by atoms with Gasteiger partial charge in [0, 0.05) is 22.6 Å². The molecule has 0 aliphatic carbocycles. The lowest BCUT2D eigenvalue weighted by Gasteiger charge is -2.23. The molecule has 0 aliphatic rings. The van der Waals surface area contributed by atoms with Gasteiger partial charge in [0.2, 0.25) is 0 Å². The number of anilines is 1. The molecule has 3 aromatic rings. The number of hydrogen-bond acceptors (Lipinski definition) is 5. The Balaban J connectivity index is 1.78. The fraction of sp³-hybridized carbons (Fsp3) is 0.174. The number of aromatic nitrogens is 1. The van der Waals surface area contributed by atoms with E-state index in [4.69, 9.17) is 9.47 Å². The number of pyridine rings is 1. The molecule has 1 aromatic heterocycles. The van der Waals surface area contributed by atoms with Crippen molar-refractivity contribution in [1.29, 1.82) is 0 Å². The summed E-state index contributed by atoms with van der Waals surface area (Å²) in [6, 6.07) is 17.7. The van der Waals surface area contributed by atoms with E-state index in [1.807, 2.05) is 24.3 Å². The van der Waals surface area contributed by atoms with Gasteiger partial charge in [-0.1, -0.05) is 15.9 Å². The third-order valence-corrected chi connectivity index (χ3v) is 4.79. The highest BCUT2D eigenvalue weighted by Gasteiger charge is 2.18. The number of benzene rings is 2. The number of ether oxygens (including phenoxy) is 2. The summed E-state index contributed by atoms with van der Waals surface area (Å²) in [5.41, 5.74) is 2.02. The van der Waals surface area contributed by atoms with E-state index in [1.54, 1.807) is 60.6 Å². The van der Waals surface area contributed by atoms with E-state index in [9.17, 15) is 9.59 Å². The van der Waals surface area contributed by atoms with Gasteiger partial charge in [-0.15, -0.1) is 0 Å². The molecule has 154 valence electrons. The van der Waals surface area contributed by atoms with E-state index in [1.165, 1.54) is 0 Å². The number of rotatable bonds is 8. The highest BCUT2D eigenvalue weighted by molar-refractivity contribution is 9.10. The molecule has 0 spiro atoms. The third-order valence-electron chi connectivity index (χ3n) is 4.26. The van der Waals surface area contributed by atoms with Crippen molar-refractivity contribution in [2.24, 2.45) is 0 Å². The van der Waals surface area contributed by atoms with E-state index in [0.717, 1.165) is 10.0 Å². The normalized spacial score (nSPS) is 10.3. The zero-order valence-electron chi connectivity index (χ0n) is 16.5. The molecule has 0 saturated heterocycles. The van der Waals surface area contributed by atoms with Crippen molar-refractivity contribution in [1.82, 2.24) is 4.98 Å². The van der Waals surface area contributed by atoms with Crippen LogP contribution < -0.4 is 9.64 Å². The molecule has 0 N–H and O–H groups in total. The van der Waals surface area contributed by atoms with Gasteiger partial charge >= 0.3 is 5.97 Å². The summed E-state index contributed by atoms with van der Waals surface area (Å²) in [6.07, 6.45) is 3.36. The molecule has 0 aliphatic heterocycles. The van der Waals surface area contributed by atoms with Crippen LogP contribution in [0.3, 0.4) is 0 Å². The smallest absolute Gasteiger partial charge is 0.338 e. The molecular formula is C23H21BrN2O4. The predicted molar refractivity (Wildman–Crippen MR) is 117 cm³/mol. The van der Waals surface area contributed by atoms with Crippen LogP contribution >= 0.6 is 15.9 Å². The number of halogens is 1. The lowest BCUT2D eigenvalue weighted by atomic mass is 10.1. The first-order valence-electron chi connectivity index (χ1n) is 9.41. The quantitative estimate of drug-likeness (QED) is 0.450. The number of amides is 1. The summed E-state index contributed by atoms with van der Waals surface area (Å²) >= 11 is 3.37. The molecule has 3 rings (SSSR count). The Bertz CT molecular complexity index is 976. The number of carbonyl (C=O) groups excluding carboxylic acids is 2. The summed E-state index contributed by atoms with van der Waals surface area (Å²) in [5.74, 6) is 0.00122. The molecule has 0 unspecified atom stereocenters. The fourth-order valence-electron chi connectivity index (χ4n) is 2.74. The average Bonchev–Trinajstić information content (AvgIpc) is 2.78. The molecule has 0 saturated carbocycles. The van der Waals surface area contributed by atoms with Gasteiger partial charge in [-0.2, -0.15) is 0 Å². The van der Waals surface area contributed by atoms with Crippen LogP contribution in [0.5, 0.6) is 5.75 Å². The van der Waals surface area contributed by atoms with Gasteiger partial charge in [-0.25, -0.2) is 4.79 Å². The Kier molecular flexibility index (Phi) is 7.57. The second-order valence-corrected chi connectivity index (χ2v) is 7.26. The maximum absolute atomic E-state index is 13.0. The van der Waals surface area contributed by atoms with Crippen LogP contribution in [0.4, 0.5) is 5.69 Å². The Morgan fingerprint density at radius 1 is 0.967 bits per heavy atom. The molecule has 30 heavy (non-hydrogen) atoms. The van der Waals surface area contributed by atoms with Gasteiger partial charge < -0.3 is 14.4 Å². The Labute approximate surface area is 183 Å². The predicted octanol–water partition coefficient (Wildman–Crippen LogP) is 4.63. The van der Waals surface area contributed by atoms with Gasteiger partial charge in [-0.05, 0) is 73.2 Å². The molecule has 1 heterocycles. The van der Waals surface area contributed by atoms with Crippen LogP contribution in [0.1, 0.15) is 22.8 Å². The van der Waals surface area contributed by atoms with Crippen molar-refractivity contribution in [3.8, 4) is 5.75 Å². The molecule has 0 bridgehead atoms. The van der Waals surface area contributed by atoms with Crippen LogP contribution in [0.25, 0.3) is 0 Å². The Morgan fingerprint density at radius 2 is 1.63 bits per heavy atom. The topological polar surface area (TPSA) is 68.7 Å². The first kappa shape index (κ1) is 21.5. The van der Waals surface area contributed by atoms with E-state index in [-0.39, 0.29) is 12.5 Å². The van der Waals surface area contributed by atoms with Crippen LogP contribution in [0, 0.1) is 0 Å². The maximum atomic E-state index is 13.0. The van der Waals surface area contributed by atoms with E-state index < -0.39 is 5.97 Å². The third kappa shape index (κ3) is 5.90. The Hall–Kier alpha value is -3.19. The van der Waals surface area contributed by atoms with Crippen LogP contribution in [0.15, 0.2) is 77.5 Å². The summed E-state index contributed by atoms with van der Waals surface area (Å²) in [7, 11) is 0. The van der Waals surface area contributed by atoms with Crippen molar-refractivity contribution in [2.75, 3.05) is 18.1 Å². The van der Waals surface area contributed by atoms with Crippen LogP contribution in [-0.4, -0.2) is 30.1 Å². The number of nitrogens with zero attached hydrogens (tertiary/aromatic N) is 2. The summed E-state index contributed by atoms with van der Waals surface area (Å²) in [5, 5.41) is 0. The molecule has 0 radical (unpaired) electrons. The first-order valence-corrected chi connectivity index (χ1v) is 10.2. The first-order chi connectivity index (χ1) is 14.6. The molecule has 6 nitrogen and oxygen atoms in total. The number of hydrogen-bond donors (Lipinski definition) is 0. The average molecular weight is 469 g/mol. The molecular weight excluding hydrogens is 448 g/mol.